The number of piperidine rings is 1. The van der Waals surface area contributed by atoms with Gasteiger partial charge in [-0.15, -0.1) is 0 Å². The van der Waals surface area contributed by atoms with Crippen molar-refractivity contribution in [2.45, 2.75) is 31.3 Å². The van der Waals surface area contributed by atoms with E-state index in [0.29, 0.717) is 48.6 Å². The van der Waals surface area contributed by atoms with Crippen molar-refractivity contribution in [1.29, 1.82) is 5.26 Å². The lowest BCUT2D eigenvalue weighted by molar-refractivity contribution is -0.137. The molecule has 3 heterocycles. The van der Waals surface area contributed by atoms with Gasteiger partial charge < -0.3 is 31.0 Å². The Labute approximate surface area is 202 Å². The minimum Gasteiger partial charge on any atom is -0.388 e. The summed E-state index contributed by atoms with van der Waals surface area (Å²) in [7, 11) is 0. The fourth-order valence-electron chi connectivity index (χ4n) is 4.52. The van der Waals surface area contributed by atoms with Crippen molar-refractivity contribution in [3.8, 4) is 6.07 Å². The molecule has 0 radical (unpaired) electrons. The van der Waals surface area contributed by atoms with Gasteiger partial charge >= 0.3 is 6.03 Å². The first-order chi connectivity index (χ1) is 16.8. The van der Waals surface area contributed by atoms with Crippen LogP contribution in [-0.2, 0) is 4.79 Å². The van der Waals surface area contributed by atoms with E-state index in [-0.39, 0.29) is 30.9 Å². The van der Waals surface area contributed by atoms with Crippen LogP contribution in [0, 0.1) is 17.2 Å². The number of likely N-dealkylation sites (tertiary alicyclic amines) is 1. The van der Waals surface area contributed by atoms with E-state index in [2.05, 4.69) is 16.1 Å². The SMILES string of the molecule is N#Cc1ccc(NC(=O)Nc2cc3n(c2)NCN(CC2(O)CCN(C(=O)C4CC4)CC2)C3=O)cc1. The molecule has 0 atom stereocenters. The maximum absolute atomic E-state index is 13.1. The number of urea groups is 1. The van der Waals surface area contributed by atoms with Crippen molar-refractivity contribution >= 4 is 29.2 Å². The van der Waals surface area contributed by atoms with Crippen molar-refractivity contribution in [3.63, 3.8) is 0 Å². The van der Waals surface area contributed by atoms with Crippen LogP contribution in [0.4, 0.5) is 16.2 Å². The number of hydrogen-bond acceptors (Lipinski definition) is 6. The van der Waals surface area contributed by atoms with Crippen LogP contribution in [-0.4, -0.2) is 69.3 Å². The summed E-state index contributed by atoms with van der Waals surface area (Å²) < 4.78 is 1.55. The molecule has 1 aromatic heterocycles. The maximum Gasteiger partial charge on any atom is 0.323 e. The Kier molecular flexibility index (Phi) is 5.82. The second-order valence-corrected chi connectivity index (χ2v) is 9.40. The molecule has 35 heavy (non-hydrogen) atoms. The predicted molar refractivity (Wildman–Crippen MR) is 127 cm³/mol. The summed E-state index contributed by atoms with van der Waals surface area (Å²) in [5.41, 5.74) is 3.85. The number of nitrogens with one attached hydrogen (secondary N) is 3. The van der Waals surface area contributed by atoms with Crippen LogP contribution in [0.3, 0.4) is 0 Å². The van der Waals surface area contributed by atoms with Crippen molar-refractivity contribution in [2.75, 3.05) is 42.4 Å². The van der Waals surface area contributed by atoms with E-state index >= 15 is 0 Å². The second-order valence-electron chi connectivity index (χ2n) is 9.40. The third-order valence-electron chi connectivity index (χ3n) is 6.71. The zero-order valence-electron chi connectivity index (χ0n) is 19.2. The zero-order chi connectivity index (χ0) is 24.6. The largest absolute Gasteiger partial charge is 0.388 e. The third-order valence-corrected chi connectivity index (χ3v) is 6.71. The first-order valence-electron chi connectivity index (χ1n) is 11.7. The molecule has 1 saturated carbocycles. The summed E-state index contributed by atoms with van der Waals surface area (Å²) in [5, 5.41) is 25.3. The number of nitriles is 1. The van der Waals surface area contributed by atoms with E-state index < -0.39 is 11.6 Å². The van der Waals surface area contributed by atoms with Crippen LogP contribution < -0.4 is 16.1 Å². The van der Waals surface area contributed by atoms with E-state index in [0.717, 1.165) is 12.8 Å². The highest BCUT2D eigenvalue weighted by Crippen LogP contribution is 2.33. The van der Waals surface area contributed by atoms with Gasteiger partial charge in [0.05, 0.1) is 35.7 Å². The number of rotatable bonds is 5. The lowest BCUT2D eigenvalue weighted by atomic mass is 9.90. The molecule has 1 aromatic carbocycles. The summed E-state index contributed by atoms with van der Waals surface area (Å²) in [6.45, 7) is 1.38. The lowest BCUT2D eigenvalue weighted by Crippen LogP contribution is -2.56. The predicted octanol–water partition coefficient (Wildman–Crippen LogP) is 1.72. The Morgan fingerprint density at radius 1 is 1.14 bits per heavy atom. The average Bonchev–Trinajstić information content (AvgIpc) is 3.62. The van der Waals surface area contributed by atoms with E-state index in [4.69, 9.17) is 5.26 Å². The Bertz CT molecular complexity index is 1190. The molecular weight excluding hydrogens is 450 g/mol. The summed E-state index contributed by atoms with van der Waals surface area (Å²) in [4.78, 5) is 41.1. The Morgan fingerprint density at radius 3 is 2.49 bits per heavy atom. The number of carbonyl (C=O) groups is 3. The van der Waals surface area contributed by atoms with Gasteiger partial charge in [-0.3, -0.25) is 14.3 Å². The molecule has 4 N–H and O–H groups in total. The minimum atomic E-state index is -1.05. The fraction of sp³-hybridized carbons (Fsp3) is 0.417. The van der Waals surface area contributed by atoms with Crippen molar-refractivity contribution in [2.24, 2.45) is 5.92 Å². The molecule has 0 unspecified atom stereocenters. The van der Waals surface area contributed by atoms with Crippen molar-refractivity contribution in [1.82, 2.24) is 14.5 Å². The normalized spacial score (nSPS) is 18.8. The van der Waals surface area contributed by atoms with Crippen LogP contribution >= 0.6 is 0 Å². The van der Waals surface area contributed by atoms with Crippen LogP contribution in [0.25, 0.3) is 0 Å². The Balaban J connectivity index is 1.17. The van der Waals surface area contributed by atoms with E-state index in [1.54, 1.807) is 46.1 Å². The van der Waals surface area contributed by atoms with Crippen LogP contribution in [0.2, 0.25) is 0 Å². The Hall–Kier alpha value is -4.04. The molecular formula is C24H27N7O4. The van der Waals surface area contributed by atoms with Gasteiger partial charge in [-0.2, -0.15) is 5.26 Å². The topological polar surface area (TPSA) is 143 Å². The van der Waals surface area contributed by atoms with Crippen LogP contribution in [0.1, 0.15) is 41.7 Å². The number of nitrogens with zero attached hydrogens (tertiary/aromatic N) is 4. The summed E-state index contributed by atoms with van der Waals surface area (Å²) in [6, 6.07) is 9.57. The molecule has 11 nitrogen and oxygen atoms in total. The highest BCUT2D eigenvalue weighted by molar-refractivity contribution is 6.01. The molecule has 1 aliphatic carbocycles. The highest BCUT2D eigenvalue weighted by atomic mass is 16.3. The van der Waals surface area contributed by atoms with Crippen LogP contribution in [0.15, 0.2) is 36.5 Å². The number of aliphatic hydroxyl groups is 1. The smallest absolute Gasteiger partial charge is 0.323 e. The molecule has 3 aliphatic rings. The molecule has 182 valence electrons. The van der Waals surface area contributed by atoms with Crippen LogP contribution in [0.5, 0.6) is 0 Å². The van der Waals surface area contributed by atoms with E-state index in [1.165, 1.54) is 0 Å². The lowest BCUT2D eigenvalue weighted by Gasteiger charge is -2.42. The number of benzene rings is 1. The first-order valence-corrected chi connectivity index (χ1v) is 11.7. The maximum atomic E-state index is 13.1. The number of carbonyl (C=O) groups excluding carboxylic acids is 3. The van der Waals surface area contributed by atoms with Gasteiger partial charge in [0.25, 0.3) is 5.91 Å². The summed E-state index contributed by atoms with van der Waals surface area (Å²) in [5.74, 6) is 0.0916. The number of fused-ring (bicyclic) bond motifs is 1. The monoisotopic (exact) mass is 477 g/mol. The van der Waals surface area contributed by atoms with E-state index in [9.17, 15) is 19.5 Å². The Morgan fingerprint density at radius 2 is 1.83 bits per heavy atom. The van der Waals surface area contributed by atoms with Gasteiger partial charge in [-0.05, 0) is 56.0 Å². The molecule has 4 amide bonds. The van der Waals surface area contributed by atoms with E-state index in [1.807, 2.05) is 11.0 Å². The van der Waals surface area contributed by atoms with Gasteiger partial charge in [0.2, 0.25) is 5.91 Å². The standard InChI is InChI=1S/C24H27N7O4/c25-12-16-1-5-18(6-2-16)27-23(34)28-19-11-20-22(33)30(15-26-31(20)13-19)14-24(35)7-9-29(10-8-24)21(32)17-3-4-17/h1-2,5-6,11,13,17,26,35H,3-4,7-10,14-15H2,(H2,27,28,34). The van der Waals surface area contributed by atoms with Gasteiger partial charge in [-0.25, -0.2) is 4.79 Å². The number of amides is 4. The number of β-amino-alcohol motifs (C(OH)–C–C–N with tert-alkyl or cyclic N) is 1. The second kappa shape index (κ2) is 8.96. The molecule has 1 saturated heterocycles. The number of hydrogen-bond donors (Lipinski definition) is 4. The molecule has 11 heteroatoms. The van der Waals surface area contributed by atoms with Crippen molar-refractivity contribution < 1.29 is 19.5 Å². The third kappa shape index (κ3) is 4.93. The molecule has 2 aromatic rings. The van der Waals surface area contributed by atoms with Gasteiger partial charge in [0.1, 0.15) is 12.4 Å². The fourth-order valence-corrected chi connectivity index (χ4v) is 4.52. The summed E-state index contributed by atoms with van der Waals surface area (Å²) in [6.07, 6.45) is 4.39. The van der Waals surface area contributed by atoms with Gasteiger partial charge in [0.15, 0.2) is 0 Å². The first kappa shape index (κ1) is 22.7. The quantitative estimate of drug-likeness (QED) is 0.517. The number of anilines is 2. The number of aromatic nitrogens is 1. The minimum absolute atomic E-state index is 0.163. The van der Waals surface area contributed by atoms with Crippen molar-refractivity contribution in [3.05, 3.63) is 47.8 Å². The van der Waals surface area contributed by atoms with Gasteiger partial charge in [0, 0.05) is 24.7 Å². The molecule has 0 bridgehead atoms. The average molecular weight is 478 g/mol. The molecule has 0 spiro atoms. The molecule has 2 aliphatic heterocycles. The van der Waals surface area contributed by atoms with Gasteiger partial charge in [-0.1, -0.05) is 0 Å². The molecule has 2 fully saturated rings. The molecule has 5 rings (SSSR count). The summed E-state index contributed by atoms with van der Waals surface area (Å²) >= 11 is 0. The highest BCUT2D eigenvalue weighted by Gasteiger charge is 2.41. The zero-order valence-corrected chi connectivity index (χ0v) is 19.2.